The van der Waals surface area contributed by atoms with Crippen LogP contribution in [0.3, 0.4) is 0 Å². The number of nitrogens with two attached hydrogens (primary N) is 1. The van der Waals surface area contributed by atoms with Crippen LogP contribution in [0.1, 0.15) is 38.5 Å². The number of hydrogen-bond acceptors (Lipinski definition) is 3. The van der Waals surface area contributed by atoms with Crippen molar-refractivity contribution in [2.24, 2.45) is 11.7 Å². The molecular formula is C13H23N3O3. The van der Waals surface area contributed by atoms with Crippen LogP contribution < -0.4 is 11.1 Å². The summed E-state index contributed by atoms with van der Waals surface area (Å²) in [6.45, 7) is 1.03. The molecule has 1 saturated heterocycles. The topological polar surface area (TPSA) is 95.7 Å². The predicted molar refractivity (Wildman–Crippen MR) is 70.7 cm³/mol. The first-order valence-electron chi connectivity index (χ1n) is 7.14. The van der Waals surface area contributed by atoms with E-state index in [1.165, 1.54) is 0 Å². The highest BCUT2D eigenvalue weighted by Gasteiger charge is 2.47. The maximum Gasteiger partial charge on any atom is 0.326 e. The monoisotopic (exact) mass is 269 g/mol. The Balaban J connectivity index is 2.04. The summed E-state index contributed by atoms with van der Waals surface area (Å²) in [7, 11) is 0. The third kappa shape index (κ3) is 3.00. The van der Waals surface area contributed by atoms with Crippen LogP contribution in [0.15, 0.2) is 0 Å². The minimum absolute atomic E-state index is 0.104. The number of fused-ring (bicyclic) bond motifs is 1. The van der Waals surface area contributed by atoms with Gasteiger partial charge >= 0.3 is 12.0 Å². The Morgan fingerprint density at radius 1 is 1.32 bits per heavy atom. The number of hydrogen-bond donors (Lipinski definition) is 3. The van der Waals surface area contributed by atoms with Crippen LogP contribution in [0.5, 0.6) is 0 Å². The van der Waals surface area contributed by atoms with Gasteiger partial charge in [-0.3, -0.25) is 0 Å². The zero-order chi connectivity index (χ0) is 13.8. The summed E-state index contributed by atoms with van der Waals surface area (Å²) in [6, 6.07) is -0.797. The normalized spacial score (nSPS) is 29.9. The van der Waals surface area contributed by atoms with Gasteiger partial charge in [-0.15, -0.1) is 0 Å². The lowest BCUT2D eigenvalue weighted by Gasteiger charge is -2.32. The van der Waals surface area contributed by atoms with E-state index in [2.05, 4.69) is 5.32 Å². The average Bonchev–Trinajstić information content (AvgIpc) is 2.78. The summed E-state index contributed by atoms with van der Waals surface area (Å²) in [4.78, 5) is 25.1. The van der Waals surface area contributed by atoms with Gasteiger partial charge in [0.2, 0.25) is 0 Å². The van der Waals surface area contributed by atoms with Crippen molar-refractivity contribution in [3.8, 4) is 0 Å². The van der Waals surface area contributed by atoms with Crippen LogP contribution in [0, 0.1) is 5.92 Å². The number of rotatable bonds is 4. The van der Waals surface area contributed by atoms with E-state index >= 15 is 0 Å². The molecule has 0 aromatic carbocycles. The largest absolute Gasteiger partial charge is 0.480 e. The third-order valence-electron chi connectivity index (χ3n) is 4.26. The first-order valence-corrected chi connectivity index (χ1v) is 7.14. The Labute approximate surface area is 113 Å². The lowest BCUT2D eigenvalue weighted by atomic mass is 9.85. The van der Waals surface area contributed by atoms with E-state index in [-0.39, 0.29) is 12.1 Å². The molecule has 6 heteroatoms. The molecule has 1 aliphatic heterocycles. The van der Waals surface area contributed by atoms with Crippen molar-refractivity contribution in [2.75, 3.05) is 13.1 Å². The molecule has 0 bridgehead atoms. The van der Waals surface area contributed by atoms with Crippen LogP contribution in [-0.2, 0) is 4.79 Å². The summed E-state index contributed by atoms with van der Waals surface area (Å²) >= 11 is 0. The van der Waals surface area contributed by atoms with Gasteiger partial charge in [0.15, 0.2) is 0 Å². The molecule has 3 atom stereocenters. The molecule has 1 aliphatic carbocycles. The summed E-state index contributed by atoms with van der Waals surface area (Å²) in [5.41, 5.74) is 5.39. The number of likely N-dealkylation sites (tertiary alicyclic amines) is 1. The second kappa shape index (κ2) is 6.23. The number of carbonyl (C=O) groups excluding carboxylic acids is 1. The van der Waals surface area contributed by atoms with Gasteiger partial charge in [-0.2, -0.15) is 0 Å². The summed E-state index contributed by atoms with van der Waals surface area (Å²) in [5.74, 6) is -0.529. The molecule has 0 aromatic rings. The third-order valence-corrected chi connectivity index (χ3v) is 4.26. The second-order valence-electron chi connectivity index (χ2n) is 5.48. The molecule has 0 aromatic heterocycles. The van der Waals surface area contributed by atoms with Gasteiger partial charge in [-0.1, -0.05) is 12.8 Å². The Hall–Kier alpha value is -1.30. The van der Waals surface area contributed by atoms with E-state index < -0.39 is 12.0 Å². The van der Waals surface area contributed by atoms with Crippen LogP contribution in [0.25, 0.3) is 0 Å². The van der Waals surface area contributed by atoms with E-state index in [1.54, 1.807) is 4.90 Å². The first-order chi connectivity index (χ1) is 9.15. The summed E-state index contributed by atoms with van der Waals surface area (Å²) in [5, 5.41) is 12.1. The van der Waals surface area contributed by atoms with Gasteiger partial charge in [0, 0.05) is 12.6 Å². The lowest BCUT2D eigenvalue weighted by Crippen LogP contribution is -2.50. The molecule has 1 saturated carbocycles. The number of carboxylic acids is 1. The Morgan fingerprint density at radius 3 is 2.74 bits per heavy atom. The fourth-order valence-electron chi connectivity index (χ4n) is 3.36. The fraction of sp³-hybridized carbons (Fsp3) is 0.846. The van der Waals surface area contributed by atoms with Gasteiger partial charge in [0.05, 0.1) is 0 Å². The van der Waals surface area contributed by atoms with Crippen molar-refractivity contribution in [3.05, 3.63) is 0 Å². The zero-order valence-corrected chi connectivity index (χ0v) is 11.2. The van der Waals surface area contributed by atoms with Crippen LogP contribution in [0.2, 0.25) is 0 Å². The number of amides is 2. The number of aliphatic carboxylic acids is 1. The molecule has 0 radical (unpaired) electrons. The summed E-state index contributed by atoms with van der Waals surface area (Å²) < 4.78 is 0. The van der Waals surface area contributed by atoms with E-state index in [9.17, 15) is 14.7 Å². The van der Waals surface area contributed by atoms with Crippen molar-refractivity contribution in [2.45, 2.75) is 50.6 Å². The number of urea groups is 1. The van der Waals surface area contributed by atoms with Crippen LogP contribution >= 0.6 is 0 Å². The highest BCUT2D eigenvalue weighted by atomic mass is 16.4. The Morgan fingerprint density at radius 2 is 2.05 bits per heavy atom. The standard InChI is InChI=1S/C13H23N3O3/c14-6-3-7-15-13(19)16-10-5-2-1-4-9(10)8-11(16)12(17)18/h9-11H,1-8,14H2,(H,15,19)(H,17,18). The van der Waals surface area contributed by atoms with Crippen molar-refractivity contribution < 1.29 is 14.7 Å². The van der Waals surface area contributed by atoms with E-state index in [1.807, 2.05) is 0 Å². The fourth-order valence-corrected chi connectivity index (χ4v) is 3.36. The molecule has 108 valence electrons. The molecule has 2 fully saturated rings. The average molecular weight is 269 g/mol. The van der Waals surface area contributed by atoms with E-state index in [0.717, 1.165) is 25.7 Å². The minimum atomic E-state index is -0.886. The molecule has 6 nitrogen and oxygen atoms in total. The van der Waals surface area contributed by atoms with Crippen molar-refractivity contribution in [3.63, 3.8) is 0 Å². The summed E-state index contributed by atoms with van der Waals surface area (Å²) in [6.07, 6.45) is 5.52. The predicted octanol–water partition coefficient (Wildman–Crippen LogP) is 0.762. The lowest BCUT2D eigenvalue weighted by molar-refractivity contribution is -0.141. The Kier molecular flexibility index (Phi) is 4.63. The molecule has 19 heavy (non-hydrogen) atoms. The van der Waals surface area contributed by atoms with E-state index in [0.29, 0.717) is 31.8 Å². The molecule has 4 N–H and O–H groups in total. The van der Waals surface area contributed by atoms with Gasteiger partial charge in [-0.25, -0.2) is 9.59 Å². The Bertz CT molecular complexity index is 348. The SMILES string of the molecule is NCCCNC(=O)N1C(C(=O)O)CC2CCCCC21. The molecule has 0 spiro atoms. The quantitative estimate of drug-likeness (QED) is 0.657. The van der Waals surface area contributed by atoms with Gasteiger partial charge in [0.25, 0.3) is 0 Å². The molecular weight excluding hydrogens is 246 g/mol. The van der Waals surface area contributed by atoms with E-state index in [4.69, 9.17) is 5.73 Å². The van der Waals surface area contributed by atoms with Gasteiger partial charge in [-0.05, 0) is 38.1 Å². The maximum atomic E-state index is 12.2. The molecule has 2 rings (SSSR count). The van der Waals surface area contributed by atoms with Crippen LogP contribution in [0.4, 0.5) is 4.79 Å². The molecule has 2 aliphatic rings. The smallest absolute Gasteiger partial charge is 0.326 e. The molecule has 1 heterocycles. The van der Waals surface area contributed by atoms with Crippen molar-refractivity contribution in [1.82, 2.24) is 10.2 Å². The number of nitrogens with zero attached hydrogens (tertiary/aromatic N) is 1. The van der Waals surface area contributed by atoms with Gasteiger partial charge in [0.1, 0.15) is 6.04 Å². The number of carbonyl (C=O) groups is 2. The van der Waals surface area contributed by atoms with Crippen molar-refractivity contribution >= 4 is 12.0 Å². The maximum absolute atomic E-state index is 12.2. The second-order valence-corrected chi connectivity index (χ2v) is 5.48. The zero-order valence-electron chi connectivity index (χ0n) is 11.2. The minimum Gasteiger partial charge on any atom is -0.480 e. The molecule has 2 amide bonds. The number of carboxylic acid groups (broad SMARTS) is 1. The number of nitrogens with one attached hydrogen (secondary N) is 1. The molecule has 3 unspecified atom stereocenters. The highest BCUT2D eigenvalue weighted by molar-refractivity contribution is 5.83. The van der Waals surface area contributed by atoms with Crippen LogP contribution in [-0.4, -0.2) is 47.2 Å². The first kappa shape index (κ1) is 14.1. The van der Waals surface area contributed by atoms with Crippen molar-refractivity contribution in [1.29, 1.82) is 0 Å². The highest BCUT2D eigenvalue weighted by Crippen LogP contribution is 2.39. The van der Waals surface area contributed by atoms with Gasteiger partial charge < -0.3 is 21.1 Å².